The summed E-state index contributed by atoms with van der Waals surface area (Å²) in [5.41, 5.74) is 2.65. The molecule has 0 unspecified atom stereocenters. The van der Waals surface area contributed by atoms with Crippen molar-refractivity contribution in [2.24, 2.45) is 0 Å². The van der Waals surface area contributed by atoms with E-state index in [2.05, 4.69) is 15.5 Å². The quantitative estimate of drug-likeness (QED) is 0.558. The van der Waals surface area contributed by atoms with E-state index in [1.54, 1.807) is 22.6 Å². The van der Waals surface area contributed by atoms with Crippen LogP contribution in [0.1, 0.15) is 21.5 Å². The highest BCUT2D eigenvalue weighted by Gasteiger charge is 2.28. The molecule has 4 rings (SSSR count). The number of rotatable bonds is 5. The highest BCUT2D eigenvalue weighted by molar-refractivity contribution is 7.89. The first kappa shape index (κ1) is 22.9. The highest BCUT2D eigenvalue weighted by atomic mass is 32.2. The Labute approximate surface area is 193 Å². The standard InChI is InChI=1S/C22H27N7O3S/c1-16-14-18(15-20(17(16)2)33(31,32)26(3)4)21(30)27-10-12-28(13-11-27)22-23-24-25-29(22)19-8-6-5-7-9-19/h5-9,14-15H,10-13H2,1-4H3. The molecule has 0 aliphatic carbocycles. The van der Waals surface area contributed by atoms with Crippen molar-refractivity contribution in [1.82, 2.24) is 29.4 Å². The van der Waals surface area contributed by atoms with Crippen molar-refractivity contribution in [1.29, 1.82) is 0 Å². The first-order chi connectivity index (χ1) is 15.7. The maximum Gasteiger partial charge on any atom is 0.254 e. The van der Waals surface area contributed by atoms with Gasteiger partial charge in [0, 0.05) is 45.8 Å². The zero-order valence-corrected chi connectivity index (χ0v) is 19.9. The molecule has 33 heavy (non-hydrogen) atoms. The Morgan fingerprint density at radius 2 is 1.67 bits per heavy atom. The fraction of sp³-hybridized carbons (Fsp3) is 0.364. The molecular formula is C22H27N7O3S. The van der Waals surface area contributed by atoms with Crippen LogP contribution in [-0.4, -0.2) is 84.0 Å². The Morgan fingerprint density at radius 3 is 2.30 bits per heavy atom. The summed E-state index contributed by atoms with van der Waals surface area (Å²) in [6, 6.07) is 12.9. The number of carbonyl (C=O) groups is 1. The van der Waals surface area contributed by atoms with Crippen LogP contribution in [0.3, 0.4) is 0 Å². The molecule has 3 aromatic rings. The lowest BCUT2D eigenvalue weighted by Gasteiger charge is -2.35. The van der Waals surface area contributed by atoms with Gasteiger partial charge in [-0.3, -0.25) is 4.79 Å². The van der Waals surface area contributed by atoms with Gasteiger partial charge in [0.2, 0.25) is 16.0 Å². The van der Waals surface area contributed by atoms with Crippen LogP contribution in [0.5, 0.6) is 0 Å². The lowest BCUT2D eigenvalue weighted by Crippen LogP contribution is -2.49. The number of benzene rings is 2. The third-order valence-corrected chi connectivity index (χ3v) is 7.87. The SMILES string of the molecule is Cc1cc(C(=O)N2CCN(c3nnnn3-c3ccccc3)CC2)cc(S(=O)(=O)N(C)C)c1C. The number of aryl methyl sites for hydroxylation is 1. The zero-order valence-electron chi connectivity index (χ0n) is 19.1. The number of aromatic nitrogens is 4. The number of sulfonamides is 1. The van der Waals surface area contributed by atoms with Gasteiger partial charge in [-0.25, -0.2) is 12.7 Å². The number of piperazine rings is 1. The minimum Gasteiger partial charge on any atom is -0.336 e. The van der Waals surface area contributed by atoms with Gasteiger partial charge in [-0.15, -0.1) is 0 Å². The van der Waals surface area contributed by atoms with Crippen LogP contribution < -0.4 is 4.90 Å². The number of anilines is 1. The number of hydrogen-bond donors (Lipinski definition) is 0. The molecule has 1 amide bonds. The maximum atomic E-state index is 13.2. The Hall–Kier alpha value is -3.31. The number of carbonyl (C=O) groups excluding carboxylic acids is 1. The largest absolute Gasteiger partial charge is 0.336 e. The third-order valence-electron chi connectivity index (χ3n) is 5.93. The number of para-hydroxylation sites is 1. The average Bonchev–Trinajstić information content (AvgIpc) is 3.30. The van der Waals surface area contributed by atoms with Crippen molar-refractivity contribution in [3.8, 4) is 5.69 Å². The summed E-state index contributed by atoms with van der Waals surface area (Å²) in [5, 5.41) is 12.1. The number of tetrazole rings is 1. The van der Waals surface area contributed by atoms with E-state index < -0.39 is 10.0 Å². The van der Waals surface area contributed by atoms with Gasteiger partial charge in [-0.05, 0) is 59.7 Å². The Kier molecular flexibility index (Phi) is 6.17. The summed E-state index contributed by atoms with van der Waals surface area (Å²) < 4.78 is 28.4. The predicted molar refractivity (Wildman–Crippen MR) is 124 cm³/mol. The van der Waals surface area contributed by atoms with E-state index in [1.165, 1.54) is 24.5 Å². The lowest BCUT2D eigenvalue weighted by molar-refractivity contribution is 0.0745. The lowest BCUT2D eigenvalue weighted by atomic mass is 10.0. The topological polar surface area (TPSA) is 105 Å². The van der Waals surface area contributed by atoms with Crippen LogP contribution in [0.2, 0.25) is 0 Å². The summed E-state index contributed by atoms with van der Waals surface area (Å²) >= 11 is 0. The van der Waals surface area contributed by atoms with E-state index in [9.17, 15) is 13.2 Å². The van der Waals surface area contributed by atoms with E-state index in [0.29, 0.717) is 43.3 Å². The molecule has 0 radical (unpaired) electrons. The second kappa shape index (κ2) is 8.91. The summed E-state index contributed by atoms with van der Waals surface area (Å²) in [6.45, 7) is 5.66. The predicted octanol–water partition coefficient (Wildman–Crippen LogP) is 1.49. The average molecular weight is 470 g/mol. The zero-order chi connectivity index (χ0) is 23.8. The summed E-state index contributed by atoms with van der Waals surface area (Å²) in [7, 11) is -0.683. The maximum absolute atomic E-state index is 13.2. The smallest absolute Gasteiger partial charge is 0.254 e. The van der Waals surface area contributed by atoms with E-state index in [4.69, 9.17) is 0 Å². The van der Waals surface area contributed by atoms with Gasteiger partial charge in [-0.1, -0.05) is 23.3 Å². The molecule has 174 valence electrons. The summed E-state index contributed by atoms with van der Waals surface area (Å²) in [5.74, 6) is 0.439. The van der Waals surface area contributed by atoms with Crippen LogP contribution in [0, 0.1) is 13.8 Å². The van der Waals surface area contributed by atoms with Crippen LogP contribution in [0.4, 0.5) is 5.95 Å². The van der Waals surface area contributed by atoms with Crippen LogP contribution in [0.15, 0.2) is 47.4 Å². The number of nitrogens with zero attached hydrogens (tertiary/aromatic N) is 7. The first-order valence-electron chi connectivity index (χ1n) is 10.6. The van der Waals surface area contributed by atoms with E-state index in [1.807, 2.05) is 42.2 Å². The Morgan fingerprint density at radius 1 is 1.00 bits per heavy atom. The molecule has 0 N–H and O–H groups in total. The van der Waals surface area contributed by atoms with E-state index >= 15 is 0 Å². The van der Waals surface area contributed by atoms with E-state index in [0.717, 1.165) is 11.3 Å². The first-order valence-corrected chi connectivity index (χ1v) is 12.1. The fourth-order valence-corrected chi connectivity index (χ4v) is 5.04. The molecule has 1 saturated heterocycles. The monoisotopic (exact) mass is 469 g/mol. The van der Waals surface area contributed by atoms with Crippen molar-refractivity contribution in [3.05, 3.63) is 59.2 Å². The molecule has 2 aromatic carbocycles. The highest BCUT2D eigenvalue weighted by Crippen LogP contribution is 2.25. The van der Waals surface area contributed by atoms with Crippen LogP contribution >= 0.6 is 0 Å². The summed E-state index contributed by atoms with van der Waals surface area (Å²) in [6.07, 6.45) is 0. The van der Waals surface area contributed by atoms with E-state index in [-0.39, 0.29) is 10.8 Å². The van der Waals surface area contributed by atoms with Crippen LogP contribution in [0.25, 0.3) is 5.69 Å². The number of hydrogen-bond acceptors (Lipinski definition) is 7. The Bertz CT molecular complexity index is 1260. The number of amides is 1. The fourth-order valence-electron chi connectivity index (χ4n) is 3.82. The van der Waals surface area contributed by atoms with Gasteiger partial charge in [-0.2, -0.15) is 4.68 Å². The van der Waals surface area contributed by atoms with Gasteiger partial charge in [0.05, 0.1) is 10.6 Å². The molecule has 0 spiro atoms. The molecule has 11 heteroatoms. The molecule has 0 saturated carbocycles. The molecule has 0 bridgehead atoms. The van der Waals surface area contributed by atoms with Gasteiger partial charge >= 0.3 is 0 Å². The molecule has 1 fully saturated rings. The molecule has 0 atom stereocenters. The third kappa shape index (κ3) is 4.33. The van der Waals surface area contributed by atoms with Gasteiger partial charge < -0.3 is 9.80 Å². The van der Waals surface area contributed by atoms with Crippen molar-refractivity contribution >= 4 is 21.9 Å². The van der Waals surface area contributed by atoms with Crippen molar-refractivity contribution in [2.75, 3.05) is 45.2 Å². The minimum atomic E-state index is -3.66. The normalized spacial score (nSPS) is 14.7. The molecule has 1 aromatic heterocycles. The van der Waals surface area contributed by atoms with Gasteiger partial charge in [0.1, 0.15) is 0 Å². The molecule has 2 heterocycles. The van der Waals surface area contributed by atoms with Crippen molar-refractivity contribution in [3.63, 3.8) is 0 Å². The molecule has 1 aliphatic heterocycles. The Balaban J connectivity index is 1.52. The van der Waals surface area contributed by atoms with Crippen molar-refractivity contribution < 1.29 is 13.2 Å². The van der Waals surface area contributed by atoms with Crippen molar-refractivity contribution in [2.45, 2.75) is 18.7 Å². The molecule has 10 nitrogen and oxygen atoms in total. The van der Waals surface area contributed by atoms with Gasteiger partial charge in [0.15, 0.2) is 0 Å². The molecular weight excluding hydrogens is 442 g/mol. The summed E-state index contributed by atoms with van der Waals surface area (Å²) in [4.78, 5) is 17.2. The second-order valence-electron chi connectivity index (χ2n) is 8.21. The van der Waals surface area contributed by atoms with Gasteiger partial charge in [0.25, 0.3) is 5.91 Å². The minimum absolute atomic E-state index is 0.163. The van der Waals surface area contributed by atoms with Crippen LogP contribution in [-0.2, 0) is 10.0 Å². The molecule has 1 aliphatic rings. The second-order valence-corrected chi connectivity index (χ2v) is 10.3.